The van der Waals surface area contributed by atoms with Crippen LogP contribution in [0.4, 0.5) is 0 Å². The molecule has 1 unspecified atom stereocenters. The van der Waals surface area contributed by atoms with Gasteiger partial charge in [-0.15, -0.1) is 0 Å². The number of aromatic nitrogens is 1. The SMILES string of the molecule is CCCNC(CCc1ccco1)Cc1ccncc1. The molecule has 0 fully saturated rings. The number of pyridine rings is 1. The molecular formula is C16H22N2O. The van der Waals surface area contributed by atoms with Gasteiger partial charge in [0, 0.05) is 24.9 Å². The fraction of sp³-hybridized carbons (Fsp3) is 0.438. The van der Waals surface area contributed by atoms with Crippen LogP contribution in [0, 0.1) is 0 Å². The minimum absolute atomic E-state index is 0.493. The lowest BCUT2D eigenvalue weighted by molar-refractivity contribution is 0.441. The molecule has 0 aliphatic carbocycles. The van der Waals surface area contributed by atoms with Crippen molar-refractivity contribution in [1.82, 2.24) is 10.3 Å². The van der Waals surface area contributed by atoms with Crippen LogP contribution in [0.1, 0.15) is 31.1 Å². The van der Waals surface area contributed by atoms with Crippen molar-refractivity contribution >= 4 is 0 Å². The van der Waals surface area contributed by atoms with E-state index in [2.05, 4.69) is 29.4 Å². The quantitative estimate of drug-likeness (QED) is 0.790. The lowest BCUT2D eigenvalue weighted by Gasteiger charge is -2.18. The van der Waals surface area contributed by atoms with Gasteiger partial charge in [-0.3, -0.25) is 4.98 Å². The zero-order valence-electron chi connectivity index (χ0n) is 11.5. The number of furan rings is 1. The molecule has 2 heterocycles. The Morgan fingerprint density at radius 1 is 1.26 bits per heavy atom. The molecule has 19 heavy (non-hydrogen) atoms. The zero-order valence-corrected chi connectivity index (χ0v) is 11.5. The molecule has 1 atom stereocenters. The van der Waals surface area contributed by atoms with Crippen LogP contribution < -0.4 is 5.32 Å². The standard InChI is InChI=1S/C16H22N2O/c1-2-9-18-15(5-6-16-4-3-12-19-16)13-14-7-10-17-11-8-14/h3-4,7-8,10-12,15,18H,2,5-6,9,13H2,1H3. The molecule has 0 saturated carbocycles. The minimum atomic E-state index is 0.493. The van der Waals surface area contributed by atoms with Crippen LogP contribution in [0.15, 0.2) is 47.3 Å². The third kappa shape index (κ3) is 4.87. The van der Waals surface area contributed by atoms with Crippen LogP contribution in [0.2, 0.25) is 0 Å². The topological polar surface area (TPSA) is 38.1 Å². The van der Waals surface area contributed by atoms with Crippen LogP contribution >= 0.6 is 0 Å². The summed E-state index contributed by atoms with van der Waals surface area (Å²) in [5.74, 6) is 1.07. The van der Waals surface area contributed by atoms with Crippen molar-refractivity contribution in [3.8, 4) is 0 Å². The molecular weight excluding hydrogens is 236 g/mol. The van der Waals surface area contributed by atoms with Gasteiger partial charge in [0.2, 0.25) is 0 Å². The highest BCUT2D eigenvalue weighted by molar-refractivity contribution is 5.11. The van der Waals surface area contributed by atoms with Gasteiger partial charge in [0.15, 0.2) is 0 Å². The summed E-state index contributed by atoms with van der Waals surface area (Å²) in [7, 11) is 0. The maximum absolute atomic E-state index is 5.40. The Balaban J connectivity index is 1.87. The van der Waals surface area contributed by atoms with Crippen molar-refractivity contribution in [3.63, 3.8) is 0 Å². The fourth-order valence-corrected chi connectivity index (χ4v) is 2.20. The number of nitrogens with one attached hydrogen (secondary N) is 1. The summed E-state index contributed by atoms with van der Waals surface area (Å²) in [6.07, 6.45) is 9.75. The number of aryl methyl sites for hydroxylation is 1. The average molecular weight is 258 g/mol. The van der Waals surface area contributed by atoms with E-state index in [-0.39, 0.29) is 0 Å². The van der Waals surface area contributed by atoms with Crippen LogP contribution in [0.3, 0.4) is 0 Å². The van der Waals surface area contributed by atoms with Gasteiger partial charge in [0.25, 0.3) is 0 Å². The van der Waals surface area contributed by atoms with E-state index in [1.165, 1.54) is 5.56 Å². The average Bonchev–Trinajstić information content (AvgIpc) is 2.96. The van der Waals surface area contributed by atoms with E-state index in [1.807, 2.05) is 24.5 Å². The summed E-state index contributed by atoms with van der Waals surface area (Å²) >= 11 is 0. The first kappa shape index (κ1) is 13.8. The summed E-state index contributed by atoms with van der Waals surface area (Å²) in [5, 5.41) is 3.62. The van der Waals surface area contributed by atoms with Gasteiger partial charge in [0.05, 0.1) is 6.26 Å². The van der Waals surface area contributed by atoms with Crippen molar-refractivity contribution in [3.05, 3.63) is 54.2 Å². The lowest BCUT2D eigenvalue weighted by atomic mass is 10.0. The second-order valence-corrected chi connectivity index (χ2v) is 4.83. The Morgan fingerprint density at radius 2 is 2.11 bits per heavy atom. The highest BCUT2D eigenvalue weighted by Crippen LogP contribution is 2.10. The van der Waals surface area contributed by atoms with Gasteiger partial charge in [-0.25, -0.2) is 0 Å². The highest BCUT2D eigenvalue weighted by Gasteiger charge is 2.10. The largest absolute Gasteiger partial charge is 0.469 e. The van der Waals surface area contributed by atoms with E-state index in [0.29, 0.717) is 6.04 Å². The van der Waals surface area contributed by atoms with Gasteiger partial charge in [-0.1, -0.05) is 6.92 Å². The first-order chi connectivity index (χ1) is 9.38. The van der Waals surface area contributed by atoms with E-state index in [0.717, 1.165) is 38.0 Å². The highest BCUT2D eigenvalue weighted by atomic mass is 16.3. The summed E-state index contributed by atoms with van der Waals surface area (Å²) in [6.45, 7) is 3.26. The van der Waals surface area contributed by atoms with Crippen LogP contribution in [-0.2, 0) is 12.8 Å². The first-order valence-electron chi connectivity index (χ1n) is 7.03. The van der Waals surface area contributed by atoms with Crippen molar-refractivity contribution in [1.29, 1.82) is 0 Å². The molecule has 3 heteroatoms. The third-order valence-corrected chi connectivity index (χ3v) is 3.23. The molecule has 0 spiro atoms. The van der Waals surface area contributed by atoms with Gasteiger partial charge < -0.3 is 9.73 Å². The maximum atomic E-state index is 5.40. The first-order valence-corrected chi connectivity index (χ1v) is 7.03. The smallest absolute Gasteiger partial charge is 0.103 e. The zero-order chi connectivity index (χ0) is 13.3. The maximum Gasteiger partial charge on any atom is 0.103 e. The Labute approximate surface area is 115 Å². The predicted molar refractivity (Wildman–Crippen MR) is 77.1 cm³/mol. The molecule has 0 amide bonds. The van der Waals surface area contributed by atoms with Crippen molar-refractivity contribution in [2.75, 3.05) is 6.54 Å². The molecule has 2 aromatic heterocycles. The molecule has 0 aliphatic rings. The number of rotatable bonds is 8. The van der Waals surface area contributed by atoms with Crippen LogP contribution in [-0.4, -0.2) is 17.6 Å². The van der Waals surface area contributed by atoms with Crippen molar-refractivity contribution < 1.29 is 4.42 Å². The normalized spacial score (nSPS) is 12.5. The Bertz CT molecular complexity index is 439. The third-order valence-electron chi connectivity index (χ3n) is 3.23. The van der Waals surface area contributed by atoms with E-state index in [4.69, 9.17) is 4.42 Å². The summed E-state index contributed by atoms with van der Waals surface area (Å²) in [6, 6.07) is 8.67. The van der Waals surface area contributed by atoms with E-state index < -0.39 is 0 Å². The molecule has 0 saturated heterocycles. The van der Waals surface area contributed by atoms with Crippen molar-refractivity contribution in [2.24, 2.45) is 0 Å². The van der Waals surface area contributed by atoms with Gasteiger partial charge in [-0.2, -0.15) is 0 Å². The fourth-order valence-electron chi connectivity index (χ4n) is 2.20. The van der Waals surface area contributed by atoms with E-state index >= 15 is 0 Å². The Kier molecular flexibility index (Phi) is 5.63. The Morgan fingerprint density at radius 3 is 2.79 bits per heavy atom. The monoisotopic (exact) mass is 258 g/mol. The molecule has 2 aromatic rings. The van der Waals surface area contributed by atoms with Crippen LogP contribution in [0.5, 0.6) is 0 Å². The van der Waals surface area contributed by atoms with E-state index in [1.54, 1.807) is 6.26 Å². The molecule has 2 rings (SSSR count). The molecule has 102 valence electrons. The van der Waals surface area contributed by atoms with Crippen molar-refractivity contribution in [2.45, 2.75) is 38.6 Å². The molecule has 0 radical (unpaired) electrons. The number of nitrogens with zero attached hydrogens (tertiary/aromatic N) is 1. The molecule has 3 nitrogen and oxygen atoms in total. The summed E-state index contributed by atoms with van der Waals surface area (Å²) < 4.78 is 5.40. The molecule has 0 aliphatic heterocycles. The van der Waals surface area contributed by atoms with Gasteiger partial charge in [0.1, 0.15) is 5.76 Å². The van der Waals surface area contributed by atoms with Crippen LogP contribution in [0.25, 0.3) is 0 Å². The number of hydrogen-bond donors (Lipinski definition) is 1. The molecule has 1 N–H and O–H groups in total. The minimum Gasteiger partial charge on any atom is -0.469 e. The number of hydrogen-bond acceptors (Lipinski definition) is 3. The summed E-state index contributed by atoms with van der Waals surface area (Å²) in [5.41, 5.74) is 1.34. The second-order valence-electron chi connectivity index (χ2n) is 4.83. The summed E-state index contributed by atoms with van der Waals surface area (Å²) in [4.78, 5) is 4.07. The van der Waals surface area contributed by atoms with Gasteiger partial charge >= 0.3 is 0 Å². The van der Waals surface area contributed by atoms with Gasteiger partial charge in [-0.05, 0) is 55.6 Å². The molecule has 0 bridgehead atoms. The van der Waals surface area contributed by atoms with E-state index in [9.17, 15) is 0 Å². The Hall–Kier alpha value is -1.61. The predicted octanol–water partition coefficient (Wildman–Crippen LogP) is 3.22. The molecule has 0 aromatic carbocycles. The second kappa shape index (κ2) is 7.74. The lowest BCUT2D eigenvalue weighted by Crippen LogP contribution is -2.32.